The third-order valence-corrected chi connectivity index (χ3v) is 3.10. The first kappa shape index (κ1) is 15.3. The van der Waals surface area contributed by atoms with Crippen molar-refractivity contribution in [1.29, 1.82) is 0 Å². The van der Waals surface area contributed by atoms with Crippen LogP contribution in [-0.4, -0.2) is 24.7 Å². The van der Waals surface area contributed by atoms with E-state index in [1.165, 1.54) is 0 Å². The number of carbonyl (C=O) groups excluding carboxylic acids is 1. The Balaban J connectivity index is 2.07. The number of methoxy groups -OCH3 is 1. The lowest BCUT2D eigenvalue weighted by Gasteiger charge is -2.17. The molecular formula is C16H19NO4. The number of benzene rings is 1. The van der Waals surface area contributed by atoms with Crippen LogP contribution in [0.3, 0.4) is 0 Å². The number of rotatable bonds is 7. The van der Waals surface area contributed by atoms with Crippen LogP contribution in [-0.2, 0) is 11.3 Å². The quantitative estimate of drug-likeness (QED) is 0.820. The Labute approximate surface area is 123 Å². The van der Waals surface area contributed by atoms with Crippen LogP contribution in [0.15, 0.2) is 46.9 Å². The Morgan fingerprint density at radius 1 is 1.29 bits per heavy atom. The summed E-state index contributed by atoms with van der Waals surface area (Å²) in [6, 6.07) is 12.6. The van der Waals surface area contributed by atoms with Crippen molar-refractivity contribution in [3.8, 4) is 0 Å². The van der Waals surface area contributed by atoms with Gasteiger partial charge in [-0.1, -0.05) is 30.3 Å². The maximum Gasteiger partial charge on any atom is 0.287 e. The van der Waals surface area contributed by atoms with Gasteiger partial charge >= 0.3 is 0 Å². The van der Waals surface area contributed by atoms with Crippen molar-refractivity contribution in [2.75, 3.05) is 13.7 Å². The first-order chi connectivity index (χ1) is 10.2. The molecule has 1 unspecified atom stereocenters. The summed E-state index contributed by atoms with van der Waals surface area (Å²) in [5.41, 5.74) is 0.948. The molecule has 21 heavy (non-hydrogen) atoms. The molecule has 0 saturated carbocycles. The van der Waals surface area contributed by atoms with E-state index in [1.54, 1.807) is 19.2 Å². The molecule has 112 valence electrons. The molecule has 1 amide bonds. The molecule has 0 aliphatic heterocycles. The highest BCUT2D eigenvalue weighted by atomic mass is 16.5. The smallest absolute Gasteiger partial charge is 0.287 e. The first-order valence-electron chi connectivity index (χ1n) is 6.79. The van der Waals surface area contributed by atoms with E-state index in [9.17, 15) is 4.79 Å². The molecule has 0 spiro atoms. The Hall–Kier alpha value is -2.11. The SMILES string of the molecule is COCc1ccc(C(=O)NC(CCO)c2ccccc2)o1. The van der Waals surface area contributed by atoms with Gasteiger partial charge in [0.05, 0.1) is 6.04 Å². The van der Waals surface area contributed by atoms with E-state index in [-0.39, 0.29) is 24.3 Å². The number of ether oxygens (including phenoxy) is 1. The predicted molar refractivity (Wildman–Crippen MR) is 77.8 cm³/mol. The van der Waals surface area contributed by atoms with Crippen LogP contribution in [0.25, 0.3) is 0 Å². The molecule has 0 aliphatic carbocycles. The Morgan fingerprint density at radius 3 is 2.71 bits per heavy atom. The molecule has 0 saturated heterocycles. The van der Waals surface area contributed by atoms with Crippen molar-refractivity contribution in [3.05, 3.63) is 59.5 Å². The fourth-order valence-electron chi connectivity index (χ4n) is 2.09. The van der Waals surface area contributed by atoms with Crippen LogP contribution in [0.2, 0.25) is 0 Å². The average molecular weight is 289 g/mol. The van der Waals surface area contributed by atoms with Crippen LogP contribution in [0.5, 0.6) is 0 Å². The number of hydrogen-bond donors (Lipinski definition) is 2. The molecule has 1 atom stereocenters. The summed E-state index contributed by atoms with van der Waals surface area (Å²) >= 11 is 0. The second kappa shape index (κ2) is 7.61. The molecule has 0 bridgehead atoms. The summed E-state index contributed by atoms with van der Waals surface area (Å²) in [6.07, 6.45) is 0.446. The highest BCUT2D eigenvalue weighted by Crippen LogP contribution is 2.17. The normalized spacial score (nSPS) is 12.1. The molecule has 1 heterocycles. The van der Waals surface area contributed by atoms with E-state index in [0.29, 0.717) is 18.8 Å². The number of hydrogen-bond acceptors (Lipinski definition) is 4. The van der Waals surface area contributed by atoms with Gasteiger partial charge in [0, 0.05) is 13.7 Å². The highest BCUT2D eigenvalue weighted by molar-refractivity contribution is 5.91. The molecule has 0 fully saturated rings. The van der Waals surface area contributed by atoms with Crippen LogP contribution in [0.1, 0.15) is 34.3 Å². The minimum Gasteiger partial charge on any atom is -0.453 e. The van der Waals surface area contributed by atoms with Crippen LogP contribution in [0, 0.1) is 0 Å². The molecule has 1 aromatic heterocycles. The van der Waals surface area contributed by atoms with E-state index >= 15 is 0 Å². The summed E-state index contributed by atoms with van der Waals surface area (Å²) < 4.78 is 10.4. The lowest BCUT2D eigenvalue weighted by molar-refractivity contribution is 0.0893. The van der Waals surface area contributed by atoms with Gasteiger partial charge in [0.15, 0.2) is 5.76 Å². The molecule has 1 aromatic carbocycles. The van der Waals surface area contributed by atoms with Crippen LogP contribution < -0.4 is 5.32 Å². The van der Waals surface area contributed by atoms with Crippen molar-refractivity contribution in [2.24, 2.45) is 0 Å². The second-order valence-corrected chi connectivity index (χ2v) is 4.65. The third-order valence-electron chi connectivity index (χ3n) is 3.10. The Bertz CT molecular complexity index is 565. The fraction of sp³-hybridized carbons (Fsp3) is 0.312. The molecular weight excluding hydrogens is 270 g/mol. The number of nitrogens with one attached hydrogen (secondary N) is 1. The molecule has 2 rings (SSSR count). The zero-order valence-electron chi connectivity index (χ0n) is 11.9. The van der Waals surface area contributed by atoms with E-state index in [0.717, 1.165) is 5.56 Å². The zero-order valence-corrected chi connectivity index (χ0v) is 11.9. The Kier molecular flexibility index (Phi) is 5.54. The maximum atomic E-state index is 12.2. The van der Waals surface area contributed by atoms with Gasteiger partial charge in [0.1, 0.15) is 12.4 Å². The maximum absolute atomic E-state index is 12.2. The summed E-state index contributed by atoms with van der Waals surface area (Å²) in [5.74, 6) is 0.529. The van der Waals surface area contributed by atoms with Crippen molar-refractivity contribution in [2.45, 2.75) is 19.1 Å². The van der Waals surface area contributed by atoms with E-state index in [4.69, 9.17) is 14.3 Å². The van der Waals surface area contributed by atoms with Gasteiger partial charge in [-0.05, 0) is 24.1 Å². The van der Waals surface area contributed by atoms with Crippen molar-refractivity contribution in [3.63, 3.8) is 0 Å². The summed E-state index contributed by atoms with van der Waals surface area (Å²) in [6.45, 7) is 0.318. The topological polar surface area (TPSA) is 71.7 Å². The number of furan rings is 1. The number of aliphatic hydroxyl groups is 1. The standard InChI is InChI=1S/C16H19NO4/c1-20-11-13-7-8-15(21-13)16(19)17-14(9-10-18)12-5-3-2-4-6-12/h2-8,14,18H,9-11H2,1H3,(H,17,19). The lowest BCUT2D eigenvalue weighted by Crippen LogP contribution is -2.28. The van der Waals surface area contributed by atoms with Gasteiger partial charge in [-0.2, -0.15) is 0 Å². The largest absolute Gasteiger partial charge is 0.453 e. The molecule has 5 heteroatoms. The van der Waals surface area contributed by atoms with Crippen molar-refractivity contribution in [1.82, 2.24) is 5.32 Å². The minimum atomic E-state index is -0.306. The molecule has 0 radical (unpaired) electrons. The number of carbonyl (C=O) groups is 1. The molecule has 2 N–H and O–H groups in total. The van der Waals surface area contributed by atoms with Gasteiger partial charge in [-0.25, -0.2) is 0 Å². The summed E-state index contributed by atoms with van der Waals surface area (Å²) in [7, 11) is 1.56. The van der Waals surface area contributed by atoms with E-state index < -0.39 is 0 Å². The fourth-order valence-corrected chi connectivity index (χ4v) is 2.09. The van der Waals surface area contributed by atoms with E-state index in [1.807, 2.05) is 30.3 Å². The number of aliphatic hydroxyl groups excluding tert-OH is 1. The zero-order chi connectivity index (χ0) is 15.1. The second-order valence-electron chi connectivity index (χ2n) is 4.65. The van der Waals surface area contributed by atoms with Crippen LogP contribution >= 0.6 is 0 Å². The van der Waals surface area contributed by atoms with Gasteiger partial charge in [0.25, 0.3) is 5.91 Å². The van der Waals surface area contributed by atoms with Crippen LogP contribution in [0.4, 0.5) is 0 Å². The highest BCUT2D eigenvalue weighted by Gasteiger charge is 2.17. The number of amides is 1. The van der Waals surface area contributed by atoms with Crippen molar-refractivity contribution < 1.29 is 19.1 Å². The molecule has 2 aromatic rings. The monoisotopic (exact) mass is 289 g/mol. The lowest BCUT2D eigenvalue weighted by atomic mass is 10.0. The van der Waals surface area contributed by atoms with Gasteiger partial charge < -0.3 is 19.6 Å². The first-order valence-corrected chi connectivity index (χ1v) is 6.79. The third kappa shape index (κ3) is 4.18. The van der Waals surface area contributed by atoms with Gasteiger partial charge in [-0.3, -0.25) is 4.79 Å². The molecule has 5 nitrogen and oxygen atoms in total. The Morgan fingerprint density at radius 2 is 2.05 bits per heavy atom. The van der Waals surface area contributed by atoms with Gasteiger partial charge in [0.2, 0.25) is 0 Å². The molecule has 0 aliphatic rings. The summed E-state index contributed by atoms with van der Waals surface area (Å²) in [4.78, 5) is 12.2. The minimum absolute atomic E-state index is 0.00702. The van der Waals surface area contributed by atoms with Crippen molar-refractivity contribution >= 4 is 5.91 Å². The van der Waals surface area contributed by atoms with E-state index in [2.05, 4.69) is 5.32 Å². The van der Waals surface area contributed by atoms with Gasteiger partial charge in [-0.15, -0.1) is 0 Å². The predicted octanol–water partition coefficient (Wildman–Crippen LogP) is 2.28. The summed E-state index contributed by atoms with van der Waals surface area (Å²) in [5, 5.41) is 12.0. The average Bonchev–Trinajstić information content (AvgIpc) is 2.97.